The molecular formula is C20H20N4O2S. The highest BCUT2D eigenvalue weighted by Gasteiger charge is 2.40. The summed E-state index contributed by atoms with van der Waals surface area (Å²) >= 11 is 1.48. The summed E-state index contributed by atoms with van der Waals surface area (Å²) in [5, 5.41) is 4.69. The molecule has 27 heavy (non-hydrogen) atoms. The van der Waals surface area contributed by atoms with Crippen molar-refractivity contribution in [3.05, 3.63) is 71.5 Å². The number of likely N-dealkylation sites (tertiary alicyclic amines) is 1. The Bertz CT molecular complexity index is 944. The standard InChI is InChI=1S/C20H20N4O2S/c1-13-22-18(26-23-13)17-12-24(11-16(17)14-7-4-3-5-8-14)20(25)15-9-6-10-21-19(15)27-2/h3-10,16-17H,11-12H2,1-2H3/t16-,17+/m1/s1. The van der Waals surface area contributed by atoms with Crippen molar-refractivity contribution in [3.63, 3.8) is 0 Å². The molecule has 1 aromatic carbocycles. The lowest BCUT2D eigenvalue weighted by atomic mass is 9.89. The van der Waals surface area contributed by atoms with Crippen molar-refractivity contribution < 1.29 is 9.32 Å². The molecular weight excluding hydrogens is 360 g/mol. The molecule has 0 unspecified atom stereocenters. The Balaban J connectivity index is 1.67. The van der Waals surface area contributed by atoms with E-state index in [-0.39, 0.29) is 17.7 Å². The lowest BCUT2D eigenvalue weighted by Gasteiger charge is -2.17. The van der Waals surface area contributed by atoms with Gasteiger partial charge in [0.2, 0.25) is 5.89 Å². The second-order valence-corrected chi connectivity index (χ2v) is 7.37. The van der Waals surface area contributed by atoms with Crippen molar-refractivity contribution in [2.75, 3.05) is 19.3 Å². The summed E-state index contributed by atoms with van der Waals surface area (Å²) in [4.78, 5) is 23.8. The van der Waals surface area contributed by atoms with Crippen molar-refractivity contribution in [2.24, 2.45) is 0 Å². The van der Waals surface area contributed by atoms with Gasteiger partial charge >= 0.3 is 0 Å². The highest BCUT2D eigenvalue weighted by atomic mass is 32.2. The normalized spacial score (nSPS) is 19.4. The van der Waals surface area contributed by atoms with E-state index in [2.05, 4.69) is 27.3 Å². The van der Waals surface area contributed by atoms with Gasteiger partial charge in [-0.2, -0.15) is 4.98 Å². The van der Waals surface area contributed by atoms with Gasteiger partial charge in [0, 0.05) is 25.2 Å². The summed E-state index contributed by atoms with van der Waals surface area (Å²) in [6.07, 6.45) is 3.64. The molecule has 1 amide bonds. The van der Waals surface area contributed by atoms with Gasteiger partial charge in [-0.05, 0) is 30.9 Å². The van der Waals surface area contributed by atoms with Crippen LogP contribution in [0.5, 0.6) is 0 Å². The third-order valence-electron chi connectivity index (χ3n) is 4.89. The molecule has 0 radical (unpaired) electrons. The van der Waals surface area contributed by atoms with E-state index in [1.807, 2.05) is 42.3 Å². The molecule has 0 N–H and O–H groups in total. The number of hydrogen-bond acceptors (Lipinski definition) is 6. The van der Waals surface area contributed by atoms with E-state index in [1.54, 1.807) is 12.3 Å². The molecule has 4 rings (SSSR count). The van der Waals surface area contributed by atoms with E-state index in [4.69, 9.17) is 4.52 Å². The Labute approximate surface area is 162 Å². The molecule has 1 saturated heterocycles. The van der Waals surface area contributed by atoms with E-state index in [1.165, 1.54) is 17.3 Å². The number of pyridine rings is 1. The summed E-state index contributed by atoms with van der Waals surface area (Å²) in [5.41, 5.74) is 1.81. The zero-order valence-electron chi connectivity index (χ0n) is 15.2. The number of amides is 1. The highest BCUT2D eigenvalue weighted by Crippen LogP contribution is 2.39. The van der Waals surface area contributed by atoms with Crippen LogP contribution in [0.4, 0.5) is 0 Å². The Hall–Kier alpha value is -2.67. The fraction of sp³-hybridized carbons (Fsp3) is 0.300. The fourth-order valence-electron chi connectivity index (χ4n) is 3.61. The summed E-state index contributed by atoms with van der Waals surface area (Å²) in [6, 6.07) is 13.8. The number of nitrogens with zero attached hydrogens (tertiary/aromatic N) is 4. The molecule has 7 heteroatoms. The number of thioether (sulfide) groups is 1. The van der Waals surface area contributed by atoms with Crippen molar-refractivity contribution in [3.8, 4) is 0 Å². The first kappa shape index (κ1) is 17.7. The fourth-order valence-corrected chi connectivity index (χ4v) is 4.15. The third-order valence-corrected chi connectivity index (χ3v) is 5.60. The number of hydrogen-bond donors (Lipinski definition) is 0. The van der Waals surface area contributed by atoms with Gasteiger partial charge in [0.05, 0.1) is 11.5 Å². The molecule has 0 aliphatic carbocycles. The minimum Gasteiger partial charge on any atom is -0.339 e. The highest BCUT2D eigenvalue weighted by molar-refractivity contribution is 7.98. The first-order valence-corrected chi connectivity index (χ1v) is 10.0. The summed E-state index contributed by atoms with van der Waals surface area (Å²) in [6.45, 7) is 2.96. The minimum absolute atomic E-state index is 0.00730. The molecule has 1 aliphatic heterocycles. The van der Waals surface area contributed by atoms with E-state index in [9.17, 15) is 4.79 Å². The molecule has 3 aromatic rings. The van der Waals surface area contributed by atoms with Crippen LogP contribution in [-0.2, 0) is 0 Å². The van der Waals surface area contributed by atoms with Gasteiger partial charge in [0.1, 0.15) is 5.03 Å². The summed E-state index contributed by atoms with van der Waals surface area (Å²) < 4.78 is 5.46. The monoisotopic (exact) mass is 380 g/mol. The number of aromatic nitrogens is 3. The molecule has 6 nitrogen and oxygen atoms in total. The summed E-state index contributed by atoms with van der Waals surface area (Å²) in [5.74, 6) is 1.29. The first-order valence-electron chi connectivity index (χ1n) is 8.81. The van der Waals surface area contributed by atoms with E-state index in [0.29, 0.717) is 30.4 Å². The van der Waals surface area contributed by atoms with Crippen molar-refractivity contribution in [1.82, 2.24) is 20.0 Å². The average Bonchev–Trinajstić information content (AvgIpc) is 3.34. The molecule has 0 spiro atoms. The Kier molecular flexibility index (Phi) is 4.94. The van der Waals surface area contributed by atoms with Gasteiger partial charge in [0.25, 0.3) is 5.91 Å². The molecule has 1 fully saturated rings. The molecule has 0 saturated carbocycles. The van der Waals surface area contributed by atoms with Crippen LogP contribution in [-0.4, -0.2) is 45.3 Å². The van der Waals surface area contributed by atoms with Crippen LogP contribution >= 0.6 is 11.8 Å². The van der Waals surface area contributed by atoms with Crippen LogP contribution in [0.25, 0.3) is 0 Å². The zero-order chi connectivity index (χ0) is 18.8. The molecule has 2 aromatic heterocycles. The van der Waals surface area contributed by atoms with E-state index >= 15 is 0 Å². The van der Waals surface area contributed by atoms with Crippen LogP contribution < -0.4 is 0 Å². The van der Waals surface area contributed by atoms with Gasteiger partial charge < -0.3 is 9.42 Å². The SMILES string of the molecule is CSc1ncccc1C(=O)N1C[C@H](c2ccccc2)[C@@H](c2nc(C)no2)C1. The topological polar surface area (TPSA) is 72.1 Å². The summed E-state index contributed by atoms with van der Waals surface area (Å²) in [7, 11) is 0. The number of benzene rings is 1. The van der Waals surface area contributed by atoms with Crippen LogP contribution in [0.2, 0.25) is 0 Å². The number of carbonyl (C=O) groups is 1. The van der Waals surface area contributed by atoms with Gasteiger partial charge in [-0.25, -0.2) is 4.98 Å². The van der Waals surface area contributed by atoms with E-state index < -0.39 is 0 Å². The van der Waals surface area contributed by atoms with Crippen molar-refractivity contribution in [2.45, 2.75) is 23.8 Å². The van der Waals surface area contributed by atoms with Crippen LogP contribution in [0, 0.1) is 6.92 Å². The lowest BCUT2D eigenvalue weighted by molar-refractivity contribution is 0.0784. The number of aryl methyl sites for hydroxylation is 1. The zero-order valence-corrected chi connectivity index (χ0v) is 16.0. The smallest absolute Gasteiger partial charge is 0.256 e. The third kappa shape index (κ3) is 3.47. The predicted octanol–water partition coefficient (Wildman–Crippen LogP) is 3.52. The number of rotatable bonds is 4. The van der Waals surface area contributed by atoms with Gasteiger partial charge in [0.15, 0.2) is 5.82 Å². The number of carbonyl (C=O) groups excluding carboxylic acids is 1. The van der Waals surface area contributed by atoms with Crippen molar-refractivity contribution >= 4 is 17.7 Å². The second-order valence-electron chi connectivity index (χ2n) is 6.57. The maximum atomic E-state index is 13.2. The molecule has 2 atom stereocenters. The minimum atomic E-state index is -0.0213. The largest absolute Gasteiger partial charge is 0.339 e. The van der Waals surface area contributed by atoms with Crippen molar-refractivity contribution in [1.29, 1.82) is 0 Å². The van der Waals surface area contributed by atoms with E-state index in [0.717, 1.165) is 5.03 Å². The Morgan fingerprint density at radius 2 is 1.93 bits per heavy atom. The Morgan fingerprint density at radius 3 is 2.63 bits per heavy atom. The predicted molar refractivity (Wildman–Crippen MR) is 103 cm³/mol. The maximum Gasteiger partial charge on any atom is 0.256 e. The Morgan fingerprint density at radius 1 is 1.15 bits per heavy atom. The van der Waals surface area contributed by atoms with Crippen LogP contribution in [0.3, 0.4) is 0 Å². The molecule has 0 bridgehead atoms. The van der Waals surface area contributed by atoms with Gasteiger partial charge in [-0.1, -0.05) is 35.5 Å². The van der Waals surface area contributed by atoms with Crippen LogP contribution in [0.1, 0.15) is 39.5 Å². The second kappa shape index (κ2) is 7.52. The molecule has 1 aliphatic rings. The van der Waals surface area contributed by atoms with Crippen LogP contribution in [0.15, 0.2) is 58.2 Å². The average molecular weight is 380 g/mol. The molecule has 138 valence electrons. The van der Waals surface area contributed by atoms with Gasteiger partial charge in [-0.15, -0.1) is 11.8 Å². The van der Waals surface area contributed by atoms with Gasteiger partial charge in [-0.3, -0.25) is 4.79 Å². The molecule has 3 heterocycles. The lowest BCUT2D eigenvalue weighted by Crippen LogP contribution is -2.29. The first-order chi connectivity index (χ1) is 13.2. The maximum absolute atomic E-state index is 13.2. The quantitative estimate of drug-likeness (QED) is 0.645.